The third-order valence-electron chi connectivity index (χ3n) is 3.96. The van der Waals surface area contributed by atoms with Gasteiger partial charge < -0.3 is 20.1 Å². The molecule has 0 aliphatic carbocycles. The van der Waals surface area contributed by atoms with Gasteiger partial charge in [0.05, 0.1) is 31.5 Å². The summed E-state index contributed by atoms with van der Waals surface area (Å²) in [5.41, 5.74) is 2.20. The summed E-state index contributed by atoms with van der Waals surface area (Å²) >= 11 is 0. The van der Waals surface area contributed by atoms with Crippen LogP contribution in [0, 0.1) is 0 Å². The van der Waals surface area contributed by atoms with Crippen LogP contribution in [0.4, 0.5) is 11.4 Å². The molecule has 0 aromatic heterocycles. The van der Waals surface area contributed by atoms with Gasteiger partial charge in [-0.1, -0.05) is 37.3 Å². The van der Waals surface area contributed by atoms with Crippen molar-refractivity contribution in [2.45, 2.75) is 13.3 Å². The van der Waals surface area contributed by atoms with E-state index in [1.54, 1.807) is 24.3 Å². The van der Waals surface area contributed by atoms with E-state index >= 15 is 0 Å². The minimum atomic E-state index is -0.767. The van der Waals surface area contributed by atoms with E-state index in [1.807, 2.05) is 31.2 Å². The lowest BCUT2D eigenvalue weighted by molar-refractivity contribution is -0.138. The number of methoxy groups -OCH3 is 2. The SMILES string of the molecule is CCc1ccccc1NC(=O)c1ccccc1N/C(=C/C(=O)OC)C(=O)OC. The van der Waals surface area contributed by atoms with Gasteiger partial charge in [-0.15, -0.1) is 0 Å². The first kappa shape index (κ1) is 20.7. The van der Waals surface area contributed by atoms with Crippen LogP contribution in [0.1, 0.15) is 22.8 Å². The number of ether oxygens (including phenoxy) is 2. The number of carbonyl (C=O) groups is 3. The highest BCUT2D eigenvalue weighted by atomic mass is 16.5. The Bertz CT molecular complexity index is 905. The molecule has 0 spiro atoms. The molecule has 0 radical (unpaired) electrons. The van der Waals surface area contributed by atoms with Crippen LogP contribution in [0.25, 0.3) is 0 Å². The van der Waals surface area contributed by atoms with Crippen molar-refractivity contribution in [3.63, 3.8) is 0 Å². The molecule has 28 heavy (non-hydrogen) atoms. The van der Waals surface area contributed by atoms with Crippen LogP contribution >= 0.6 is 0 Å². The van der Waals surface area contributed by atoms with Crippen LogP contribution in [0.15, 0.2) is 60.3 Å². The molecule has 0 bridgehead atoms. The average Bonchev–Trinajstić information content (AvgIpc) is 2.73. The zero-order chi connectivity index (χ0) is 20.5. The van der Waals surface area contributed by atoms with Crippen molar-refractivity contribution in [2.24, 2.45) is 0 Å². The molecule has 0 atom stereocenters. The van der Waals surface area contributed by atoms with E-state index < -0.39 is 11.9 Å². The fourth-order valence-corrected chi connectivity index (χ4v) is 2.51. The number of hydrogen-bond donors (Lipinski definition) is 2. The highest BCUT2D eigenvalue weighted by Gasteiger charge is 2.17. The molecule has 7 heteroatoms. The Kier molecular flexibility index (Phi) is 7.33. The summed E-state index contributed by atoms with van der Waals surface area (Å²) in [6.45, 7) is 2.00. The van der Waals surface area contributed by atoms with Crippen LogP contribution in [-0.4, -0.2) is 32.1 Å². The molecular weight excluding hydrogens is 360 g/mol. The zero-order valence-electron chi connectivity index (χ0n) is 15.9. The molecule has 0 heterocycles. The Hall–Kier alpha value is -3.61. The molecule has 0 saturated carbocycles. The molecule has 0 fully saturated rings. The Morgan fingerprint density at radius 2 is 1.54 bits per heavy atom. The van der Waals surface area contributed by atoms with Crippen molar-refractivity contribution in [3.8, 4) is 0 Å². The lowest BCUT2D eigenvalue weighted by Gasteiger charge is -2.14. The van der Waals surface area contributed by atoms with E-state index in [0.29, 0.717) is 16.9 Å². The maximum atomic E-state index is 12.8. The summed E-state index contributed by atoms with van der Waals surface area (Å²) in [5, 5.41) is 5.66. The number of hydrogen-bond acceptors (Lipinski definition) is 6. The minimum absolute atomic E-state index is 0.149. The minimum Gasteiger partial charge on any atom is -0.466 e. The van der Waals surface area contributed by atoms with Gasteiger partial charge in [0.15, 0.2) is 0 Å². The van der Waals surface area contributed by atoms with Gasteiger partial charge in [-0.05, 0) is 30.2 Å². The topological polar surface area (TPSA) is 93.7 Å². The summed E-state index contributed by atoms with van der Waals surface area (Å²) in [4.78, 5) is 36.3. The molecule has 1 amide bonds. The fraction of sp³-hybridized carbons (Fsp3) is 0.190. The summed E-state index contributed by atoms with van der Waals surface area (Å²) < 4.78 is 9.23. The van der Waals surface area contributed by atoms with Crippen molar-refractivity contribution in [1.82, 2.24) is 0 Å². The Morgan fingerprint density at radius 1 is 0.893 bits per heavy atom. The molecule has 7 nitrogen and oxygen atoms in total. The normalized spacial score (nSPS) is 10.8. The molecular formula is C21H22N2O5. The van der Waals surface area contributed by atoms with Crippen molar-refractivity contribution >= 4 is 29.2 Å². The largest absolute Gasteiger partial charge is 0.466 e. The van der Waals surface area contributed by atoms with Gasteiger partial charge in [0, 0.05) is 5.69 Å². The smallest absolute Gasteiger partial charge is 0.354 e. The second-order valence-corrected chi connectivity index (χ2v) is 5.71. The molecule has 2 aromatic carbocycles. The van der Waals surface area contributed by atoms with Crippen LogP contribution in [0.3, 0.4) is 0 Å². The zero-order valence-corrected chi connectivity index (χ0v) is 15.9. The van der Waals surface area contributed by atoms with E-state index in [0.717, 1.165) is 18.1 Å². The van der Waals surface area contributed by atoms with Gasteiger partial charge in [0.2, 0.25) is 0 Å². The summed E-state index contributed by atoms with van der Waals surface area (Å²) in [7, 11) is 2.38. The van der Waals surface area contributed by atoms with Gasteiger partial charge in [0.1, 0.15) is 5.70 Å². The number of esters is 2. The first-order chi connectivity index (χ1) is 13.5. The van der Waals surface area contributed by atoms with E-state index in [1.165, 1.54) is 14.2 Å². The standard InChI is InChI=1S/C21H22N2O5/c1-4-14-9-5-7-11-16(14)23-20(25)15-10-6-8-12-17(15)22-18(21(26)28-3)13-19(24)27-2/h5-13,22H,4H2,1-3H3,(H,23,25)/b18-13+. The first-order valence-corrected chi connectivity index (χ1v) is 8.63. The number of para-hydroxylation sites is 2. The lowest BCUT2D eigenvalue weighted by Crippen LogP contribution is -2.19. The molecule has 0 aliphatic rings. The highest BCUT2D eigenvalue weighted by molar-refractivity contribution is 6.09. The second-order valence-electron chi connectivity index (χ2n) is 5.71. The predicted octanol–water partition coefficient (Wildman–Crippen LogP) is 3.14. The molecule has 2 aromatic rings. The first-order valence-electron chi connectivity index (χ1n) is 8.63. The maximum absolute atomic E-state index is 12.8. The number of amides is 1. The maximum Gasteiger partial charge on any atom is 0.354 e. The molecule has 146 valence electrons. The van der Waals surface area contributed by atoms with Gasteiger partial charge in [-0.25, -0.2) is 9.59 Å². The average molecular weight is 382 g/mol. The van der Waals surface area contributed by atoms with Crippen molar-refractivity contribution in [1.29, 1.82) is 0 Å². The fourth-order valence-electron chi connectivity index (χ4n) is 2.51. The third kappa shape index (κ3) is 5.20. The second kappa shape index (κ2) is 9.91. The molecule has 0 unspecified atom stereocenters. The van der Waals surface area contributed by atoms with E-state index in [9.17, 15) is 14.4 Å². The lowest BCUT2D eigenvalue weighted by atomic mass is 10.1. The third-order valence-corrected chi connectivity index (χ3v) is 3.96. The summed E-state index contributed by atoms with van der Waals surface area (Å²) in [6, 6.07) is 14.1. The molecule has 2 rings (SSSR count). The Morgan fingerprint density at radius 3 is 2.18 bits per heavy atom. The Balaban J connectivity index is 2.33. The van der Waals surface area contributed by atoms with Crippen LogP contribution in [0.5, 0.6) is 0 Å². The van der Waals surface area contributed by atoms with Crippen LogP contribution in [-0.2, 0) is 25.5 Å². The van der Waals surface area contributed by atoms with Gasteiger partial charge in [0.25, 0.3) is 5.91 Å². The van der Waals surface area contributed by atoms with E-state index in [4.69, 9.17) is 0 Å². The van der Waals surface area contributed by atoms with Crippen molar-refractivity contribution in [2.75, 3.05) is 24.9 Å². The van der Waals surface area contributed by atoms with Gasteiger partial charge in [-0.3, -0.25) is 4.79 Å². The van der Waals surface area contributed by atoms with Crippen molar-refractivity contribution < 1.29 is 23.9 Å². The number of anilines is 2. The Labute approximate surface area is 163 Å². The molecule has 2 N–H and O–H groups in total. The van der Waals surface area contributed by atoms with Gasteiger partial charge in [-0.2, -0.15) is 0 Å². The van der Waals surface area contributed by atoms with Crippen molar-refractivity contribution in [3.05, 3.63) is 71.4 Å². The molecule has 0 saturated heterocycles. The molecule has 0 aliphatic heterocycles. The number of nitrogens with one attached hydrogen (secondary N) is 2. The van der Waals surface area contributed by atoms with E-state index in [-0.39, 0.29) is 11.6 Å². The monoisotopic (exact) mass is 382 g/mol. The highest BCUT2D eigenvalue weighted by Crippen LogP contribution is 2.21. The number of aryl methyl sites for hydroxylation is 1. The quantitative estimate of drug-likeness (QED) is 0.564. The number of benzene rings is 2. The van der Waals surface area contributed by atoms with Crippen LogP contribution in [0.2, 0.25) is 0 Å². The predicted molar refractivity (Wildman–Crippen MR) is 106 cm³/mol. The van der Waals surface area contributed by atoms with E-state index in [2.05, 4.69) is 20.1 Å². The summed E-state index contributed by atoms with van der Waals surface area (Å²) in [6.07, 6.45) is 1.73. The number of rotatable bonds is 7. The van der Waals surface area contributed by atoms with Gasteiger partial charge >= 0.3 is 11.9 Å². The number of carbonyl (C=O) groups excluding carboxylic acids is 3. The van der Waals surface area contributed by atoms with Crippen LogP contribution < -0.4 is 10.6 Å². The summed E-state index contributed by atoms with van der Waals surface area (Å²) in [5.74, 6) is -1.85.